The van der Waals surface area contributed by atoms with Crippen molar-refractivity contribution in [2.75, 3.05) is 11.9 Å². The molecule has 1 amide bonds. The third kappa shape index (κ3) is 5.29. The number of aryl methyl sites for hydroxylation is 2. The van der Waals surface area contributed by atoms with Crippen molar-refractivity contribution in [3.63, 3.8) is 0 Å². The molecule has 0 aliphatic heterocycles. The predicted molar refractivity (Wildman–Crippen MR) is 99.2 cm³/mol. The van der Waals surface area contributed by atoms with Gasteiger partial charge in [0.15, 0.2) is 11.7 Å². The maximum absolute atomic E-state index is 11.9. The molecular formula is C18H18N2O4S. The highest BCUT2D eigenvalue weighted by atomic mass is 32.1. The highest BCUT2D eigenvalue weighted by Crippen LogP contribution is 2.16. The van der Waals surface area contributed by atoms with Gasteiger partial charge in [0.2, 0.25) is 0 Å². The van der Waals surface area contributed by atoms with Gasteiger partial charge in [-0.25, -0.2) is 4.79 Å². The van der Waals surface area contributed by atoms with E-state index in [0.717, 1.165) is 11.1 Å². The molecule has 2 rings (SSSR count). The first-order valence-corrected chi connectivity index (χ1v) is 7.91. The number of ether oxygens (including phenoxy) is 1. The topological polar surface area (TPSA) is 87.7 Å². The number of rotatable bonds is 5. The Morgan fingerprint density at radius 1 is 1.12 bits per heavy atom. The number of nitrogens with one attached hydrogen (secondary N) is 2. The van der Waals surface area contributed by atoms with Gasteiger partial charge in [-0.3, -0.25) is 10.1 Å². The number of thiocarbonyl (C=S) groups is 1. The molecule has 0 aromatic heterocycles. The van der Waals surface area contributed by atoms with Crippen LogP contribution in [-0.2, 0) is 4.79 Å². The minimum atomic E-state index is -1.09. The van der Waals surface area contributed by atoms with Gasteiger partial charge in [0.25, 0.3) is 5.91 Å². The van der Waals surface area contributed by atoms with Gasteiger partial charge < -0.3 is 15.2 Å². The first kappa shape index (κ1) is 18.4. The molecule has 0 aliphatic carbocycles. The number of anilines is 1. The minimum Gasteiger partial charge on any atom is -0.484 e. The quantitative estimate of drug-likeness (QED) is 0.713. The highest BCUT2D eigenvalue weighted by Gasteiger charge is 2.12. The van der Waals surface area contributed by atoms with Crippen molar-refractivity contribution in [2.45, 2.75) is 13.8 Å². The molecule has 0 saturated heterocycles. The Bertz CT molecular complexity index is 820. The number of hydrogen-bond acceptors (Lipinski definition) is 4. The number of amides is 1. The summed E-state index contributed by atoms with van der Waals surface area (Å²) in [6, 6.07) is 11.8. The van der Waals surface area contributed by atoms with Gasteiger partial charge in [-0.05, 0) is 61.5 Å². The molecule has 6 nitrogen and oxygen atoms in total. The van der Waals surface area contributed by atoms with Crippen LogP contribution in [0.4, 0.5) is 5.69 Å². The summed E-state index contributed by atoms with van der Waals surface area (Å²) >= 11 is 5.04. The normalized spacial score (nSPS) is 10.0. The van der Waals surface area contributed by atoms with Crippen LogP contribution in [0.1, 0.15) is 21.5 Å². The van der Waals surface area contributed by atoms with Crippen molar-refractivity contribution in [1.82, 2.24) is 5.32 Å². The zero-order valence-corrected chi connectivity index (χ0v) is 14.6. The second-order valence-electron chi connectivity index (χ2n) is 5.39. The number of benzene rings is 2. The van der Waals surface area contributed by atoms with E-state index in [0.29, 0.717) is 11.4 Å². The molecule has 0 saturated carbocycles. The fourth-order valence-electron chi connectivity index (χ4n) is 2.05. The summed E-state index contributed by atoms with van der Waals surface area (Å²) in [4.78, 5) is 23.1. The minimum absolute atomic E-state index is 0.00221. The zero-order chi connectivity index (χ0) is 18.4. The average molecular weight is 358 g/mol. The summed E-state index contributed by atoms with van der Waals surface area (Å²) in [5.41, 5.74) is 2.57. The maximum Gasteiger partial charge on any atom is 0.337 e. The van der Waals surface area contributed by atoms with E-state index in [4.69, 9.17) is 22.1 Å². The molecule has 0 bridgehead atoms. The van der Waals surface area contributed by atoms with E-state index < -0.39 is 11.9 Å². The van der Waals surface area contributed by atoms with Crippen LogP contribution in [-0.4, -0.2) is 28.7 Å². The second-order valence-corrected chi connectivity index (χ2v) is 5.80. The number of carbonyl (C=O) groups is 2. The van der Waals surface area contributed by atoms with Crippen molar-refractivity contribution >= 4 is 34.9 Å². The van der Waals surface area contributed by atoms with Gasteiger partial charge in [0.1, 0.15) is 5.75 Å². The molecule has 25 heavy (non-hydrogen) atoms. The van der Waals surface area contributed by atoms with Crippen molar-refractivity contribution < 1.29 is 19.4 Å². The fraction of sp³-hybridized carbons (Fsp3) is 0.167. The highest BCUT2D eigenvalue weighted by molar-refractivity contribution is 7.80. The third-order valence-electron chi connectivity index (χ3n) is 3.51. The standard InChI is InChI=1S/C18H18N2O4S/c1-11-7-8-13(9-12(11)2)24-10-16(21)20-18(25)19-15-6-4-3-5-14(15)17(22)23/h3-9H,10H2,1-2H3,(H,22,23)(H2,19,20,21,25). The Hall–Kier alpha value is -2.93. The van der Waals surface area contributed by atoms with E-state index in [-0.39, 0.29) is 17.3 Å². The molecule has 2 aromatic carbocycles. The van der Waals surface area contributed by atoms with Crippen LogP contribution in [0, 0.1) is 13.8 Å². The van der Waals surface area contributed by atoms with E-state index in [9.17, 15) is 9.59 Å². The number of aromatic carboxylic acids is 1. The number of para-hydroxylation sites is 1. The monoisotopic (exact) mass is 358 g/mol. The summed E-state index contributed by atoms with van der Waals surface area (Å²) in [5, 5.41) is 14.3. The Morgan fingerprint density at radius 2 is 1.84 bits per heavy atom. The Kier molecular flexibility index (Phi) is 6.08. The SMILES string of the molecule is Cc1ccc(OCC(=O)NC(=S)Nc2ccccc2C(=O)O)cc1C. The summed E-state index contributed by atoms with van der Waals surface area (Å²) in [6.45, 7) is 3.75. The van der Waals surface area contributed by atoms with Gasteiger partial charge in [-0.2, -0.15) is 0 Å². The molecule has 130 valence electrons. The fourth-order valence-corrected chi connectivity index (χ4v) is 2.27. The van der Waals surface area contributed by atoms with Crippen LogP contribution in [0.3, 0.4) is 0 Å². The molecule has 0 fully saturated rings. The molecule has 0 heterocycles. The smallest absolute Gasteiger partial charge is 0.337 e. The van der Waals surface area contributed by atoms with Crippen LogP contribution >= 0.6 is 12.2 Å². The predicted octanol–water partition coefficient (Wildman–Crippen LogP) is 2.89. The Labute approximate surface area is 150 Å². The molecule has 3 N–H and O–H groups in total. The Morgan fingerprint density at radius 3 is 2.52 bits per heavy atom. The van der Waals surface area contributed by atoms with E-state index in [1.807, 2.05) is 26.0 Å². The summed E-state index contributed by atoms with van der Waals surface area (Å²) in [7, 11) is 0. The van der Waals surface area contributed by atoms with Crippen LogP contribution in [0.25, 0.3) is 0 Å². The first-order chi connectivity index (χ1) is 11.9. The van der Waals surface area contributed by atoms with Gasteiger partial charge in [-0.1, -0.05) is 18.2 Å². The van der Waals surface area contributed by atoms with Crippen molar-refractivity contribution in [1.29, 1.82) is 0 Å². The lowest BCUT2D eigenvalue weighted by Gasteiger charge is -2.12. The van der Waals surface area contributed by atoms with E-state index in [1.54, 1.807) is 24.3 Å². The van der Waals surface area contributed by atoms with Crippen LogP contribution < -0.4 is 15.4 Å². The first-order valence-electron chi connectivity index (χ1n) is 7.50. The number of carboxylic acid groups (broad SMARTS) is 1. The zero-order valence-electron chi connectivity index (χ0n) is 13.8. The number of carbonyl (C=O) groups excluding carboxylic acids is 1. The molecule has 7 heteroatoms. The van der Waals surface area contributed by atoms with Gasteiger partial charge in [0.05, 0.1) is 11.3 Å². The number of hydrogen-bond donors (Lipinski definition) is 3. The van der Waals surface area contributed by atoms with E-state index in [2.05, 4.69) is 10.6 Å². The van der Waals surface area contributed by atoms with Gasteiger partial charge in [0, 0.05) is 0 Å². The van der Waals surface area contributed by atoms with Crippen LogP contribution in [0.15, 0.2) is 42.5 Å². The summed E-state index contributed by atoms with van der Waals surface area (Å²) in [6.07, 6.45) is 0. The van der Waals surface area contributed by atoms with Crippen molar-refractivity contribution in [3.8, 4) is 5.75 Å². The van der Waals surface area contributed by atoms with Gasteiger partial charge >= 0.3 is 5.97 Å². The molecule has 0 atom stereocenters. The van der Waals surface area contributed by atoms with E-state index >= 15 is 0 Å². The van der Waals surface area contributed by atoms with Crippen molar-refractivity contribution in [3.05, 3.63) is 59.2 Å². The molecular weight excluding hydrogens is 340 g/mol. The molecule has 0 spiro atoms. The molecule has 0 radical (unpaired) electrons. The summed E-state index contributed by atoms with van der Waals surface area (Å²) < 4.78 is 5.42. The van der Waals surface area contributed by atoms with Crippen LogP contribution in [0.2, 0.25) is 0 Å². The lowest BCUT2D eigenvalue weighted by atomic mass is 10.1. The van der Waals surface area contributed by atoms with Crippen molar-refractivity contribution in [2.24, 2.45) is 0 Å². The lowest BCUT2D eigenvalue weighted by molar-refractivity contribution is -0.121. The second kappa shape index (κ2) is 8.25. The lowest BCUT2D eigenvalue weighted by Crippen LogP contribution is -2.37. The van der Waals surface area contributed by atoms with Crippen LogP contribution in [0.5, 0.6) is 5.75 Å². The Balaban J connectivity index is 1.89. The molecule has 2 aromatic rings. The number of carboxylic acids is 1. The van der Waals surface area contributed by atoms with Gasteiger partial charge in [-0.15, -0.1) is 0 Å². The largest absolute Gasteiger partial charge is 0.484 e. The molecule has 0 aliphatic rings. The van der Waals surface area contributed by atoms with E-state index in [1.165, 1.54) is 6.07 Å². The molecule has 0 unspecified atom stereocenters. The third-order valence-corrected chi connectivity index (χ3v) is 3.71. The average Bonchev–Trinajstić information content (AvgIpc) is 2.56. The maximum atomic E-state index is 11.9. The summed E-state index contributed by atoms with van der Waals surface area (Å²) in [5.74, 6) is -0.938.